The van der Waals surface area contributed by atoms with Gasteiger partial charge in [-0.1, -0.05) is 35.3 Å². The van der Waals surface area contributed by atoms with Crippen molar-refractivity contribution in [2.24, 2.45) is 0 Å². The second-order valence-electron chi connectivity index (χ2n) is 9.10. The van der Waals surface area contributed by atoms with E-state index >= 15 is 17.6 Å². The van der Waals surface area contributed by atoms with Crippen molar-refractivity contribution in [3.05, 3.63) is 128 Å². The summed E-state index contributed by atoms with van der Waals surface area (Å²) in [5.41, 5.74) is -0.363. The molecule has 0 aliphatic heterocycles. The zero-order valence-corrected chi connectivity index (χ0v) is 23.0. The van der Waals surface area contributed by atoms with Crippen LogP contribution in [0.15, 0.2) is 72.8 Å². The van der Waals surface area contributed by atoms with Crippen molar-refractivity contribution < 1.29 is 31.8 Å². The molecule has 2 atom stereocenters. The molecule has 208 valence electrons. The van der Waals surface area contributed by atoms with Gasteiger partial charge in [0.25, 0.3) is 0 Å². The summed E-state index contributed by atoms with van der Waals surface area (Å²) >= 11 is 12.8. The molecule has 4 aromatic carbocycles. The molecule has 0 aliphatic carbocycles. The van der Waals surface area contributed by atoms with Crippen molar-refractivity contribution in [1.82, 2.24) is 0 Å². The fraction of sp³-hybridized carbons (Fsp3) is 0.194. The average Bonchev–Trinajstić information content (AvgIpc) is 2.93. The van der Waals surface area contributed by atoms with Crippen molar-refractivity contribution in [2.45, 2.75) is 24.7 Å². The fourth-order valence-corrected chi connectivity index (χ4v) is 5.12. The van der Waals surface area contributed by atoms with Crippen molar-refractivity contribution >= 4 is 29.0 Å². The number of methoxy groups -OCH3 is 2. The Bertz CT molecular complexity index is 1390. The first-order valence-electron chi connectivity index (χ1n) is 12.2. The number of hydrogen-bond donors (Lipinski definition) is 0. The van der Waals surface area contributed by atoms with Gasteiger partial charge in [-0.2, -0.15) is 0 Å². The lowest BCUT2D eigenvalue weighted by atomic mass is 9.77. The van der Waals surface area contributed by atoms with Crippen LogP contribution in [0.25, 0.3) is 0 Å². The van der Waals surface area contributed by atoms with E-state index in [-0.39, 0.29) is 22.9 Å². The quantitative estimate of drug-likeness (QED) is 0.174. The Morgan fingerprint density at radius 3 is 1.32 bits per heavy atom. The Balaban J connectivity index is 1.91. The Morgan fingerprint density at radius 2 is 1.00 bits per heavy atom. The first-order valence-corrected chi connectivity index (χ1v) is 13.0. The van der Waals surface area contributed by atoms with Gasteiger partial charge < -0.3 is 9.47 Å². The van der Waals surface area contributed by atoms with Crippen molar-refractivity contribution in [3.8, 4) is 11.5 Å². The number of carbonyl (C=O) groups is 1. The number of Topliss-reactive ketones (excluding diaryl/α,β-unsaturated/α-hetero) is 1. The molecule has 0 saturated carbocycles. The maximum Gasteiger partial charge on any atom is 0.148 e. The average molecular weight is 591 g/mol. The zero-order chi connectivity index (χ0) is 29.0. The van der Waals surface area contributed by atoms with Crippen molar-refractivity contribution in [3.63, 3.8) is 0 Å². The van der Waals surface area contributed by atoms with E-state index < -0.39 is 52.0 Å². The van der Waals surface area contributed by atoms with Crippen LogP contribution in [0.1, 0.15) is 34.1 Å². The third kappa shape index (κ3) is 6.26. The van der Waals surface area contributed by atoms with Gasteiger partial charge in [-0.05, 0) is 84.6 Å². The zero-order valence-electron chi connectivity index (χ0n) is 21.5. The molecule has 40 heavy (non-hydrogen) atoms. The number of benzene rings is 4. The Hall–Kier alpha value is -3.55. The van der Waals surface area contributed by atoms with Crippen molar-refractivity contribution in [2.75, 3.05) is 14.2 Å². The summed E-state index contributed by atoms with van der Waals surface area (Å²) in [6.45, 7) is 0. The number of carbonyl (C=O) groups excluding carboxylic acids is 1. The third-order valence-electron chi connectivity index (χ3n) is 6.74. The molecule has 0 bridgehead atoms. The lowest BCUT2D eigenvalue weighted by Gasteiger charge is -2.26. The van der Waals surface area contributed by atoms with Gasteiger partial charge in [-0.25, -0.2) is 17.6 Å². The monoisotopic (exact) mass is 590 g/mol. The van der Waals surface area contributed by atoms with Crippen LogP contribution in [0.2, 0.25) is 10.0 Å². The van der Waals surface area contributed by atoms with Gasteiger partial charge in [0.15, 0.2) is 0 Å². The highest BCUT2D eigenvalue weighted by atomic mass is 35.5. The van der Waals surface area contributed by atoms with Gasteiger partial charge in [0.2, 0.25) is 0 Å². The molecule has 2 unspecified atom stereocenters. The van der Waals surface area contributed by atoms with Gasteiger partial charge in [-0.15, -0.1) is 0 Å². The predicted octanol–water partition coefficient (Wildman–Crippen LogP) is 8.49. The third-order valence-corrected chi connectivity index (χ3v) is 7.47. The van der Waals surface area contributed by atoms with Crippen LogP contribution < -0.4 is 9.47 Å². The minimum absolute atomic E-state index is 0.222. The minimum atomic E-state index is -1.51. The molecule has 0 aromatic heterocycles. The highest BCUT2D eigenvalue weighted by Gasteiger charge is 2.36. The Kier molecular flexibility index (Phi) is 9.38. The summed E-state index contributed by atoms with van der Waals surface area (Å²) in [5.74, 6) is -6.98. The first-order chi connectivity index (χ1) is 19.1. The Labute approximate surface area is 239 Å². The van der Waals surface area contributed by atoms with Gasteiger partial charge in [-0.3, -0.25) is 4.79 Å². The molecule has 0 saturated heterocycles. The van der Waals surface area contributed by atoms with E-state index in [0.29, 0.717) is 22.6 Å². The number of ether oxygens (including phenoxy) is 2. The van der Waals surface area contributed by atoms with E-state index in [9.17, 15) is 4.79 Å². The van der Waals surface area contributed by atoms with Crippen LogP contribution >= 0.6 is 23.2 Å². The van der Waals surface area contributed by atoms with Gasteiger partial charge >= 0.3 is 0 Å². The van der Waals surface area contributed by atoms with Crippen LogP contribution in [0.5, 0.6) is 11.5 Å². The molecule has 0 spiro atoms. The summed E-state index contributed by atoms with van der Waals surface area (Å²) in [7, 11) is 2.86. The molecule has 0 radical (unpaired) electrons. The topological polar surface area (TPSA) is 35.5 Å². The van der Waals surface area contributed by atoms with Crippen LogP contribution in [-0.2, 0) is 17.6 Å². The number of halogens is 6. The highest BCUT2D eigenvalue weighted by Crippen LogP contribution is 2.39. The van der Waals surface area contributed by atoms with E-state index in [4.69, 9.17) is 32.7 Å². The molecule has 0 heterocycles. The first kappa shape index (κ1) is 29.4. The lowest BCUT2D eigenvalue weighted by Crippen LogP contribution is -2.27. The summed E-state index contributed by atoms with van der Waals surface area (Å²) in [4.78, 5) is 14.4. The summed E-state index contributed by atoms with van der Waals surface area (Å²) in [6, 6.07) is 15.7. The largest absolute Gasteiger partial charge is 0.497 e. The second-order valence-corrected chi connectivity index (χ2v) is 9.92. The maximum atomic E-state index is 15.2. The second kappa shape index (κ2) is 12.7. The molecular formula is C31H24Cl2F4O3. The molecule has 0 amide bonds. The minimum Gasteiger partial charge on any atom is -0.497 e. The molecular weight excluding hydrogens is 567 g/mol. The molecule has 4 rings (SSSR count). The van der Waals surface area contributed by atoms with Crippen molar-refractivity contribution in [1.29, 1.82) is 0 Å². The normalized spacial score (nSPS) is 12.6. The van der Waals surface area contributed by atoms with E-state index in [1.54, 1.807) is 24.3 Å². The van der Waals surface area contributed by atoms with Gasteiger partial charge in [0, 0.05) is 21.2 Å². The van der Waals surface area contributed by atoms with E-state index in [1.807, 2.05) is 0 Å². The van der Waals surface area contributed by atoms with Gasteiger partial charge in [0.1, 0.15) is 40.6 Å². The predicted molar refractivity (Wildman–Crippen MR) is 147 cm³/mol. The van der Waals surface area contributed by atoms with Crippen LogP contribution in [0, 0.1) is 23.3 Å². The highest BCUT2D eigenvalue weighted by molar-refractivity contribution is 6.31. The van der Waals surface area contributed by atoms with E-state index in [0.717, 1.165) is 36.4 Å². The van der Waals surface area contributed by atoms with E-state index in [1.165, 1.54) is 26.4 Å². The summed E-state index contributed by atoms with van der Waals surface area (Å²) in [6.07, 6.45) is -0.545. The van der Waals surface area contributed by atoms with Crippen LogP contribution in [0.3, 0.4) is 0 Å². The lowest BCUT2D eigenvalue weighted by molar-refractivity contribution is -0.122. The molecule has 3 nitrogen and oxygen atoms in total. The summed E-state index contributed by atoms with van der Waals surface area (Å²) in [5, 5.41) is 0.444. The summed E-state index contributed by atoms with van der Waals surface area (Å²) < 4.78 is 71.3. The number of ketones is 1. The van der Waals surface area contributed by atoms with Gasteiger partial charge in [0.05, 0.1) is 26.1 Å². The standard InChI is InChI=1S/C31H24Cl2F4O3/c1-39-19-9-11-23(32)17(13-19)15-21(29-25(34)5-3-6-26(29)35)31(38)22(30-27(36)7-4-8-28(30)37)16-18-14-20(40-2)10-12-24(18)33/h3-14,21-22H,15-16H2,1-2H3. The molecule has 4 aromatic rings. The van der Waals surface area contributed by atoms with Crippen LogP contribution in [0.4, 0.5) is 17.6 Å². The molecule has 9 heteroatoms. The van der Waals surface area contributed by atoms with Crippen LogP contribution in [-0.4, -0.2) is 20.0 Å². The number of rotatable bonds is 10. The molecule has 0 fully saturated rings. The van der Waals surface area contributed by atoms with E-state index in [2.05, 4.69) is 0 Å². The Morgan fingerprint density at radius 1 is 0.650 bits per heavy atom. The maximum absolute atomic E-state index is 15.2. The molecule has 0 N–H and O–H groups in total. The SMILES string of the molecule is COc1ccc(Cl)c(CC(C(=O)C(Cc2cc(OC)ccc2Cl)c2c(F)cccc2F)c2c(F)cccc2F)c1. The molecule has 0 aliphatic rings. The number of hydrogen-bond acceptors (Lipinski definition) is 3. The fourth-order valence-electron chi connectivity index (χ4n) is 4.73. The smallest absolute Gasteiger partial charge is 0.148 e.